The molecular weight excluding hydrogens is 248 g/mol. The fraction of sp³-hybridized carbons (Fsp3) is 0.471. The quantitative estimate of drug-likeness (QED) is 0.654. The maximum atomic E-state index is 12.1. The highest BCUT2D eigenvalue weighted by Crippen LogP contribution is 2.09. The van der Waals surface area contributed by atoms with Crippen molar-refractivity contribution in [1.29, 1.82) is 0 Å². The zero-order valence-corrected chi connectivity index (χ0v) is 11.8. The first-order valence-corrected chi connectivity index (χ1v) is 7.28. The van der Waals surface area contributed by atoms with Gasteiger partial charge in [-0.05, 0) is 18.4 Å². The topological polar surface area (TPSA) is 32.3 Å². The number of hydrogen-bond acceptors (Lipinski definition) is 2. The molecule has 3 nitrogen and oxygen atoms in total. The number of hydrogen-bond donors (Lipinski definition) is 1. The number of nitrogens with zero attached hydrogens (tertiary/aromatic N) is 1. The molecule has 1 aliphatic heterocycles. The van der Waals surface area contributed by atoms with Crippen LogP contribution in [0.15, 0.2) is 30.3 Å². The third-order valence-electron chi connectivity index (χ3n) is 3.64. The average molecular weight is 270 g/mol. The zero-order valence-electron chi connectivity index (χ0n) is 11.8. The summed E-state index contributed by atoms with van der Waals surface area (Å²) in [6, 6.07) is 10.8. The maximum absolute atomic E-state index is 12.1. The first-order chi connectivity index (χ1) is 9.79. The van der Waals surface area contributed by atoms with E-state index in [0.717, 1.165) is 32.5 Å². The van der Waals surface area contributed by atoms with Crippen molar-refractivity contribution in [2.45, 2.75) is 31.7 Å². The second kappa shape index (κ2) is 7.72. The molecular formula is C17H22N2O. The number of carbonyl (C=O) groups excluding carboxylic acids is 1. The van der Waals surface area contributed by atoms with Crippen LogP contribution in [0.25, 0.3) is 0 Å². The van der Waals surface area contributed by atoms with Crippen LogP contribution in [-0.2, 0) is 11.2 Å². The molecule has 0 spiro atoms. The van der Waals surface area contributed by atoms with Gasteiger partial charge in [0.15, 0.2) is 0 Å². The maximum Gasteiger partial charge on any atom is 0.222 e. The number of piperazine rings is 1. The molecule has 0 aliphatic carbocycles. The van der Waals surface area contributed by atoms with Gasteiger partial charge in [-0.25, -0.2) is 0 Å². The highest BCUT2D eigenvalue weighted by molar-refractivity contribution is 5.76. The molecule has 1 aromatic rings. The Morgan fingerprint density at radius 3 is 2.95 bits per heavy atom. The van der Waals surface area contributed by atoms with E-state index in [2.05, 4.69) is 35.5 Å². The summed E-state index contributed by atoms with van der Waals surface area (Å²) in [5.41, 5.74) is 1.31. The van der Waals surface area contributed by atoms with Crippen molar-refractivity contribution in [3.8, 4) is 12.3 Å². The van der Waals surface area contributed by atoms with Gasteiger partial charge in [0.25, 0.3) is 0 Å². The number of benzene rings is 1. The molecule has 1 N–H and O–H groups in total. The fourth-order valence-corrected chi connectivity index (χ4v) is 2.59. The molecule has 1 heterocycles. The highest BCUT2D eigenvalue weighted by atomic mass is 16.2. The van der Waals surface area contributed by atoms with Gasteiger partial charge in [-0.3, -0.25) is 4.79 Å². The Morgan fingerprint density at radius 2 is 2.20 bits per heavy atom. The van der Waals surface area contributed by atoms with E-state index in [4.69, 9.17) is 6.42 Å². The predicted octanol–water partition coefficient (Wildman–Crippen LogP) is 1.83. The zero-order chi connectivity index (χ0) is 14.2. The van der Waals surface area contributed by atoms with Gasteiger partial charge in [0, 0.05) is 38.5 Å². The van der Waals surface area contributed by atoms with E-state index >= 15 is 0 Å². The van der Waals surface area contributed by atoms with Crippen LogP contribution >= 0.6 is 0 Å². The van der Waals surface area contributed by atoms with Gasteiger partial charge in [-0.2, -0.15) is 0 Å². The Labute approximate surface area is 121 Å². The molecule has 0 saturated carbocycles. The smallest absolute Gasteiger partial charge is 0.222 e. The van der Waals surface area contributed by atoms with Gasteiger partial charge in [0.1, 0.15) is 0 Å². The van der Waals surface area contributed by atoms with E-state index in [9.17, 15) is 4.79 Å². The van der Waals surface area contributed by atoms with Crippen molar-refractivity contribution >= 4 is 5.91 Å². The van der Waals surface area contributed by atoms with Crippen LogP contribution in [-0.4, -0.2) is 36.5 Å². The summed E-state index contributed by atoms with van der Waals surface area (Å²) < 4.78 is 0. The molecule has 106 valence electrons. The Hall–Kier alpha value is -1.79. The lowest BCUT2D eigenvalue weighted by molar-refractivity contribution is -0.132. The first kappa shape index (κ1) is 14.6. The molecule has 1 saturated heterocycles. The summed E-state index contributed by atoms with van der Waals surface area (Å²) in [4.78, 5) is 14.1. The lowest BCUT2D eigenvalue weighted by Gasteiger charge is -2.34. The van der Waals surface area contributed by atoms with Gasteiger partial charge in [-0.15, -0.1) is 12.3 Å². The number of terminal acetylenes is 1. The van der Waals surface area contributed by atoms with Crippen LogP contribution < -0.4 is 5.32 Å². The van der Waals surface area contributed by atoms with Gasteiger partial charge in [0.05, 0.1) is 0 Å². The molecule has 1 amide bonds. The second-order valence-corrected chi connectivity index (χ2v) is 5.24. The second-order valence-electron chi connectivity index (χ2n) is 5.24. The van der Waals surface area contributed by atoms with Crippen LogP contribution in [0.5, 0.6) is 0 Å². The van der Waals surface area contributed by atoms with Crippen molar-refractivity contribution < 1.29 is 4.79 Å². The summed E-state index contributed by atoms with van der Waals surface area (Å²) in [7, 11) is 0. The van der Waals surface area contributed by atoms with Crippen molar-refractivity contribution in [2.75, 3.05) is 19.6 Å². The van der Waals surface area contributed by atoms with Crippen molar-refractivity contribution in [3.05, 3.63) is 35.9 Å². The van der Waals surface area contributed by atoms with E-state index in [0.29, 0.717) is 18.9 Å². The van der Waals surface area contributed by atoms with Crippen LogP contribution in [0, 0.1) is 12.3 Å². The molecule has 1 unspecified atom stereocenters. The van der Waals surface area contributed by atoms with Gasteiger partial charge < -0.3 is 10.2 Å². The molecule has 20 heavy (non-hydrogen) atoms. The molecule has 2 rings (SSSR count). The van der Waals surface area contributed by atoms with Gasteiger partial charge in [-0.1, -0.05) is 30.3 Å². The molecule has 1 aromatic carbocycles. The SMILES string of the molecule is C#CCCCC(=O)N1CCNC(Cc2ccccc2)C1. The number of unbranched alkanes of at least 4 members (excludes halogenated alkanes) is 1. The van der Waals surface area contributed by atoms with E-state index in [1.165, 1.54) is 5.56 Å². The Morgan fingerprint density at radius 1 is 1.40 bits per heavy atom. The Bertz CT molecular complexity index is 464. The third-order valence-corrected chi connectivity index (χ3v) is 3.64. The van der Waals surface area contributed by atoms with Crippen LogP contribution in [0.4, 0.5) is 0 Å². The first-order valence-electron chi connectivity index (χ1n) is 7.28. The highest BCUT2D eigenvalue weighted by Gasteiger charge is 2.22. The number of carbonyl (C=O) groups is 1. The minimum atomic E-state index is 0.236. The number of nitrogens with one attached hydrogen (secondary N) is 1. The lowest BCUT2D eigenvalue weighted by atomic mass is 10.0. The number of rotatable bonds is 5. The Balaban J connectivity index is 1.82. The van der Waals surface area contributed by atoms with E-state index in [-0.39, 0.29) is 5.91 Å². The fourth-order valence-electron chi connectivity index (χ4n) is 2.59. The van der Waals surface area contributed by atoms with E-state index in [1.807, 2.05) is 11.0 Å². The van der Waals surface area contributed by atoms with Crippen molar-refractivity contribution in [1.82, 2.24) is 10.2 Å². The minimum absolute atomic E-state index is 0.236. The summed E-state index contributed by atoms with van der Waals surface area (Å²) >= 11 is 0. The third kappa shape index (κ3) is 4.40. The summed E-state index contributed by atoms with van der Waals surface area (Å²) in [5.74, 6) is 2.82. The molecule has 1 fully saturated rings. The largest absolute Gasteiger partial charge is 0.340 e. The average Bonchev–Trinajstić information content (AvgIpc) is 2.49. The van der Waals surface area contributed by atoms with Gasteiger partial charge in [0.2, 0.25) is 5.91 Å². The molecule has 1 atom stereocenters. The molecule has 3 heteroatoms. The van der Waals surface area contributed by atoms with E-state index in [1.54, 1.807) is 0 Å². The molecule has 0 bridgehead atoms. The monoisotopic (exact) mass is 270 g/mol. The van der Waals surface area contributed by atoms with Crippen molar-refractivity contribution in [3.63, 3.8) is 0 Å². The normalized spacial score (nSPS) is 18.6. The number of amides is 1. The standard InChI is InChI=1S/C17H22N2O/c1-2-3-5-10-17(20)19-12-11-18-16(14-19)13-15-8-6-4-7-9-15/h1,4,6-9,16,18H,3,5,10-14H2. The predicted molar refractivity (Wildman–Crippen MR) is 81.2 cm³/mol. The van der Waals surface area contributed by atoms with Crippen LogP contribution in [0.1, 0.15) is 24.8 Å². The summed E-state index contributed by atoms with van der Waals surface area (Å²) in [6.07, 6.45) is 8.24. The minimum Gasteiger partial charge on any atom is -0.340 e. The van der Waals surface area contributed by atoms with Gasteiger partial charge >= 0.3 is 0 Å². The van der Waals surface area contributed by atoms with E-state index < -0.39 is 0 Å². The molecule has 0 aromatic heterocycles. The van der Waals surface area contributed by atoms with Crippen molar-refractivity contribution in [2.24, 2.45) is 0 Å². The summed E-state index contributed by atoms with van der Waals surface area (Å²) in [6.45, 7) is 2.47. The summed E-state index contributed by atoms with van der Waals surface area (Å²) in [5, 5.41) is 3.49. The lowest BCUT2D eigenvalue weighted by Crippen LogP contribution is -2.53. The molecule has 0 radical (unpaired) electrons. The Kier molecular flexibility index (Phi) is 5.64. The molecule has 1 aliphatic rings. The van der Waals surface area contributed by atoms with Crippen LogP contribution in [0.3, 0.4) is 0 Å². The van der Waals surface area contributed by atoms with Crippen LogP contribution in [0.2, 0.25) is 0 Å².